The zero-order valence-corrected chi connectivity index (χ0v) is 18.9. The van der Waals surface area contributed by atoms with E-state index in [1.165, 1.54) is 50.5 Å². The molecule has 5 heteroatoms. The van der Waals surface area contributed by atoms with Gasteiger partial charge in [-0.2, -0.15) is 0 Å². The fraction of sp³-hybridized carbons (Fsp3) is 0.409. The van der Waals surface area contributed by atoms with Crippen molar-refractivity contribution in [2.24, 2.45) is 4.99 Å². The summed E-state index contributed by atoms with van der Waals surface area (Å²) < 4.78 is 0. The molecular formula is C22H27Cl2NOTi. The zero-order valence-electron chi connectivity index (χ0n) is 15.8. The Morgan fingerprint density at radius 2 is 1.56 bits per heavy atom. The van der Waals surface area contributed by atoms with Crippen molar-refractivity contribution in [2.45, 2.75) is 57.8 Å². The predicted octanol–water partition coefficient (Wildman–Crippen LogP) is 7.66. The van der Waals surface area contributed by atoms with Crippen LogP contribution in [0, 0.1) is 6.92 Å². The molecule has 0 saturated heterocycles. The summed E-state index contributed by atoms with van der Waals surface area (Å²) in [6, 6.07) is 14.2. The Morgan fingerprint density at radius 1 is 0.963 bits per heavy atom. The molecule has 2 aromatic rings. The Labute approximate surface area is 179 Å². The van der Waals surface area contributed by atoms with E-state index in [1.807, 2.05) is 24.3 Å². The summed E-state index contributed by atoms with van der Waals surface area (Å²) in [6.07, 6.45) is 10.7. The van der Waals surface area contributed by atoms with Crippen molar-refractivity contribution in [3.8, 4) is 5.75 Å². The summed E-state index contributed by atoms with van der Waals surface area (Å²) in [5, 5.41) is 10.7. The van der Waals surface area contributed by atoms with Crippen LogP contribution in [0.25, 0.3) is 0 Å². The molecule has 1 aliphatic rings. The summed E-state index contributed by atoms with van der Waals surface area (Å²) in [7, 11) is 9.78. The molecule has 0 radical (unpaired) electrons. The quantitative estimate of drug-likeness (QED) is 0.386. The molecule has 0 bridgehead atoms. The van der Waals surface area contributed by atoms with E-state index in [-0.39, 0.29) is 0 Å². The molecule has 0 unspecified atom stereocenters. The fourth-order valence-corrected chi connectivity index (χ4v) is 3.56. The summed E-state index contributed by atoms with van der Waals surface area (Å²) in [5.41, 5.74) is 4.05. The molecule has 0 atom stereocenters. The Hall–Kier alpha value is -0.796. The van der Waals surface area contributed by atoms with Crippen LogP contribution < -0.4 is 0 Å². The van der Waals surface area contributed by atoms with Crippen molar-refractivity contribution in [3.63, 3.8) is 0 Å². The number of hydrogen-bond donors (Lipinski definition) is 1. The van der Waals surface area contributed by atoms with Gasteiger partial charge in [-0.1, -0.05) is 61.9 Å². The Morgan fingerprint density at radius 3 is 2.19 bits per heavy atom. The van der Waals surface area contributed by atoms with E-state index < -0.39 is 17.0 Å². The van der Waals surface area contributed by atoms with Gasteiger partial charge in [0.25, 0.3) is 0 Å². The van der Waals surface area contributed by atoms with Gasteiger partial charge in [0.2, 0.25) is 0 Å². The van der Waals surface area contributed by atoms with Crippen LogP contribution in [0.2, 0.25) is 0 Å². The number of phenols is 1. The van der Waals surface area contributed by atoms with Crippen LogP contribution in [-0.2, 0) is 17.0 Å². The van der Waals surface area contributed by atoms with Crippen LogP contribution in [0.1, 0.15) is 67.6 Å². The molecule has 0 amide bonds. The first-order valence-corrected chi connectivity index (χ1v) is 13.8. The van der Waals surface area contributed by atoms with E-state index in [0.29, 0.717) is 11.7 Å². The Kier molecular flexibility index (Phi) is 10.5. The standard InChI is InChI=1S/C22H27NO.2ClH.Ti/c1-17-12-14-20(15-13-17)23-16-19-10-7-11-21(22(19)24)18-8-5-3-2-4-6-9-18;;;/h7,10-16,18,24H,2-6,8-9H2,1H3;2*1H;/q;;;+2/p-2. The van der Waals surface area contributed by atoms with Crippen molar-refractivity contribution in [3.05, 3.63) is 59.2 Å². The van der Waals surface area contributed by atoms with Gasteiger partial charge >= 0.3 is 35.6 Å². The van der Waals surface area contributed by atoms with Gasteiger partial charge < -0.3 is 5.11 Å². The molecule has 0 aromatic heterocycles. The molecule has 1 saturated carbocycles. The van der Waals surface area contributed by atoms with E-state index in [4.69, 9.17) is 18.6 Å². The molecule has 1 aliphatic carbocycles. The van der Waals surface area contributed by atoms with Crippen LogP contribution in [-0.4, -0.2) is 11.3 Å². The van der Waals surface area contributed by atoms with Gasteiger partial charge in [0, 0.05) is 11.8 Å². The summed E-state index contributed by atoms with van der Waals surface area (Å²) in [4.78, 5) is 4.51. The molecule has 0 spiro atoms. The van der Waals surface area contributed by atoms with Crippen molar-refractivity contribution in [2.75, 3.05) is 0 Å². The molecule has 2 aromatic carbocycles. The third kappa shape index (κ3) is 7.62. The summed E-state index contributed by atoms with van der Waals surface area (Å²) >= 11 is -0.556. The minimum absolute atomic E-state index is 0.416. The maximum atomic E-state index is 10.7. The van der Waals surface area contributed by atoms with Gasteiger partial charge in [0.15, 0.2) is 0 Å². The Bertz CT molecular complexity index is 711. The van der Waals surface area contributed by atoms with Gasteiger partial charge in [0.1, 0.15) is 5.75 Å². The SMILES string of the molecule is Cc1ccc(N=Cc2cccc(C3CCCCCCC3)c2O)cc1.[Cl][Ti][Cl]. The normalized spacial score (nSPS) is 15.5. The van der Waals surface area contributed by atoms with Gasteiger partial charge in [-0.3, -0.25) is 4.99 Å². The van der Waals surface area contributed by atoms with Crippen LogP contribution in [0.4, 0.5) is 5.69 Å². The molecular weight excluding hydrogens is 413 g/mol. The van der Waals surface area contributed by atoms with E-state index in [2.05, 4.69) is 30.1 Å². The number of halogens is 2. The van der Waals surface area contributed by atoms with Crippen LogP contribution in [0.3, 0.4) is 0 Å². The van der Waals surface area contributed by atoms with Gasteiger partial charge in [-0.05, 0) is 49.4 Å². The van der Waals surface area contributed by atoms with E-state index >= 15 is 0 Å². The number of rotatable bonds is 3. The van der Waals surface area contributed by atoms with E-state index in [1.54, 1.807) is 6.21 Å². The maximum absolute atomic E-state index is 10.7. The predicted molar refractivity (Wildman–Crippen MR) is 113 cm³/mol. The molecule has 1 N–H and O–H groups in total. The molecule has 144 valence electrons. The summed E-state index contributed by atoms with van der Waals surface area (Å²) in [6.45, 7) is 2.07. The summed E-state index contributed by atoms with van der Waals surface area (Å²) in [5.74, 6) is 0.900. The van der Waals surface area contributed by atoms with Gasteiger partial charge in [-0.25, -0.2) is 0 Å². The molecule has 0 aliphatic heterocycles. The number of hydrogen-bond acceptors (Lipinski definition) is 2. The molecule has 27 heavy (non-hydrogen) atoms. The van der Waals surface area contributed by atoms with Gasteiger partial charge in [-0.15, -0.1) is 0 Å². The number of aryl methyl sites for hydroxylation is 1. The van der Waals surface area contributed by atoms with Crippen molar-refractivity contribution in [1.82, 2.24) is 0 Å². The molecule has 1 fully saturated rings. The van der Waals surface area contributed by atoms with E-state index in [0.717, 1.165) is 16.8 Å². The number of aromatic hydroxyl groups is 1. The average molecular weight is 440 g/mol. The number of phenolic OH excluding ortho intramolecular Hbond substituents is 1. The van der Waals surface area contributed by atoms with E-state index in [9.17, 15) is 5.11 Å². The molecule has 3 rings (SSSR count). The number of nitrogens with zero attached hydrogens (tertiary/aromatic N) is 1. The second-order valence-electron chi connectivity index (χ2n) is 6.99. The number of para-hydroxylation sites is 1. The monoisotopic (exact) mass is 439 g/mol. The topological polar surface area (TPSA) is 32.6 Å². The first-order valence-electron chi connectivity index (χ1n) is 9.54. The van der Waals surface area contributed by atoms with Crippen LogP contribution in [0.5, 0.6) is 5.75 Å². The first kappa shape index (κ1) is 22.5. The fourth-order valence-electron chi connectivity index (χ4n) is 3.56. The second-order valence-corrected chi connectivity index (χ2v) is 9.57. The first-order chi connectivity index (χ1) is 13.2. The second kappa shape index (κ2) is 12.6. The van der Waals surface area contributed by atoms with Crippen molar-refractivity contribution in [1.29, 1.82) is 0 Å². The zero-order chi connectivity index (χ0) is 19.5. The number of benzene rings is 2. The van der Waals surface area contributed by atoms with Crippen LogP contribution in [0.15, 0.2) is 47.5 Å². The Balaban J connectivity index is 0.000000817. The molecule has 0 heterocycles. The third-order valence-electron chi connectivity index (χ3n) is 5.03. The average Bonchev–Trinajstić information content (AvgIpc) is 2.63. The van der Waals surface area contributed by atoms with Gasteiger partial charge in [0.05, 0.1) is 5.69 Å². The minimum atomic E-state index is -0.556. The van der Waals surface area contributed by atoms with Crippen LogP contribution >= 0.6 is 18.6 Å². The number of aliphatic imine (C=N–C) groups is 1. The third-order valence-corrected chi connectivity index (χ3v) is 5.03. The molecule has 2 nitrogen and oxygen atoms in total. The van der Waals surface area contributed by atoms with Crippen molar-refractivity contribution < 1.29 is 22.1 Å². The van der Waals surface area contributed by atoms with Crippen molar-refractivity contribution >= 4 is 30.5 Å².